The number of hydrogen-bond acceptors (Lipinski definition) is 2. The molecule has 0 unspecified atom stereocenters. The van der Waals surface area contributed by atoms with Crippen molar-refractivity contribution in [1.29, 1.82) is 0 Å². The van der Waals surface area contributed by atoms with Gasteiger partial charge in [-0.25, -0.2) is 4.98 Å². The van der Waals surface area contributed by atoms with Gasteiger partial charge in [0, 0.05) is 23.5 Å². The molecule has 0 fully saturated rings. The summed E-state index contributed by atoms with van der Waals surface area (Å²) >= 11 is 0. The van der Waals surface area contributed by atoms with Crippen molar-refractivity contribution < 1.29 is 18.0 Å². The summed E-state index contributed by atoms with van der Waals surface area (Å²) in [6.45, 7) is 0. The van der Waals surface area contributed by atoms with Gasteiger partial charge in [0.1, 0.15) is 5.69 Å². The quantitative estimate of drug-likeness (QED) is 0.495. The number of halogens is 3. The van der Waals surface area contributed by atoms with Crippen molar-refractivity contribution >= 4 is 17.7 Å². The van der Waals surface area contributed by atoms with Crippen LogP contribution in [0.3, 0.4) is 0 Å². The van der Waals surface area contributed by atoms with Gasteiger partial charge >= 0.3 is 6.18 Å². The van der Waals surface area contributed by atoms with E-state index in [1.54, 1.807) is 42.6 Å². The largest absolute Gasteiger partial charge is 0.416 e. The summed E-state index contributed by atoms with van der Waals surface area (Å²) in [7, 11) is 0. The number of amides is 1. The molecule has 3 nitrogen and oxygen atoms in total. The Kier molecular flexibility index (Phi) is 6.10. The van der Waals surface area contributed by atoms with Crippen LogP contribution in [0.2, 0.25) is 0 Å². The van der Waals surface area contributed by atoms with E-state index < -0.39 is 17.6 Å². The van der Waals surface area contributed by atoms with Crippen LogP contribution in [0.4, 0.5) is 18.9 Å². The third-order valence-electron chi connectivity index (χ3n) is 3.77. The number of benzene rings is 2. The summed E-state index contributed by atoms with van der Waals surface area (Å²) in [5, 5.41) is 2.66. The molecular weight excluding hydrogens is 377 g/mol. The summed E-state index contributed by atoms with van der Waals surface area (Å²) in [5.41, 5.74) is 1.36. The fourth-order valence-electron chi connectivity index (χ4n) is 2.42. The molecule has 6 heteroatoms. The Bertz CT molecular complexity index is 1090. The number of carbonyl (C=O) groups excluding carboxylic acids is 1. The van der Waals surface area contributed by atoms with Crippen molar-refractivity contribution in [3.05, 3.63) is 101 Å². The Balaban J connectivity index is 1.67. The average Bonchev–Trinajstić information content (AvgIpc) is 2.71. The second kappa shape index (κ2) is 8.89. The Morgan fingerprint density at radius 3 is 2.55 bits per heavy atom. The SMILES string of the molecule is O=C(/C=C/c1cccc(C(F)(F)F)c1)Nc1cccc(C#Cc2ccccn2)c1. The van der Waals surface area contributed by atoms with Crippen LogP contribution in [0.25, 0.3) is 6.08 Å². The highest BCUT2D eigenvalue weighted by Crippen LogP contribution is 2.29. The molecular formula is C23H15F3N2O. The molecule has 1 aromatic heterocycles. The number of nitrogens with one attached hydrogen (secondary N) is 1. The molecule has 0 aliphatic carbocycles. The van der Waals surface area contributed by atoms with Gasteiger partial charge < -0.3 is 5.32 Å². The zero-order valence-corrected chi connectivity index (χ0v) is 15.1. The highest BCUT2D eigenvalue weighted by molar-refractivity contribution is 6.02. The fourth-order valence-corrected chi connectivity index (χ4v) is 2.42. The standard InChI is InChI=1S/C23H15F3N2O/c24-23(25,26)19-7-3-5-17(15-19)11-13-22(29)28-21-9-4-6-18(16-21)10-12-20-8-1-2-14-27-20/h1-9,11,13-16H,(H,28,29)/b13-11+. The van der Waals surface area contributed by atoms with Crippen LogP contribution >= 0.6 is 0 Å². The number of alkyl halides is 3. The van der Waals surface area contributed by atoms with E-state index in [0.717, 1.165) is 12.1 Å². The molecule has 3 rings (SSSR count). The second-order valence-corrected chi connectivity index (χ2v) is 5.99. The van der Waals surface area contributed by atoms with Gasteiger partial charge in [0.25, 0.3) is 0 Å². The van der Waals surface area contributed by atoms with Crippen molar-refractivity contribution in [3.63, 3.8) is 0 Å². The fraction of sp³-hybridized carbons (Fsp3) is 0.0435. The van der Waals surface area contributed by atoms with Gasteiger partial charge in [-0.05, 0) is 60.0 Å². The summed E-state index contributed by atoms with van der Waals surface area (Å²) in [6.07, 6.45) is -0.267. The van der Waals surface area contributed by atoms with E-state index in [4.69, 9.17) is 0 Å². The van der Waals surface area contributed by atoms with Crippen LogP contribution in [0.5, 0.6) is 0 Å². The van der Waals surface area contributed by atoms with Crippen LogP contribution in [-0.2, 0) is 11.0 Å². The zero-order chi connectivity index (χ0) is 20.7. The van der Waals surface area contributed by atoms with Gasteiger partial charge in [-0.2, -0.15) is 13.2 Å². The smallest absolute Gasteiger partial charge is 0.322 e. The number of carbonyl (C=O) groups is 1. The molecule has 0 spiro atoms. The minimum absolute atomic E-state index is 0.282. The predicted octanol–water partition coefficient (Wildman–Crippen LogP) is 5.15. The molecule has 0 radical (unpaired) electrons. The molecule has 0 saturated heterocycles. The molecule has 0 saturated carbocycles. The first-order valence-electron chi connectivity index (χ1n) is 8.59. The highest BCUT2D eigenvalue weighted by Gasteiger charge is 2.30. The maximum atomic E-state index is 12.7. The highest BCUT2D eigenvalue weighted by atomic mass is 19.4. The minimum Gasteiger partial charge on any atom is -0.322 e. The third kappa shape index (κ3) is 6.08. The van der Waals surface area contributed by atoms with E-state index in [2.05, 4.69) is 22.1 Å². The lowest BCUT2D eigenvalue weighted by atomic mass is 10.1. The Labute approximate surface area is 165 Å². The van der Waals surface area contributed by atoms with Crippen LogP contribution in [-0.4, -0.2) is 10.9 Å². The number of nitrogens with zero attached hydrogens (tertiary/aromatic N) is 1. The number of pyridine rings is 1. The predicted molar refractivity (Wildman–Crippen MR) is 106 cm³/mol. The lowest BCUT2D eigenvalue weighted by Crippen LogP contribution is -2.08. The molecule has 1 N–H and O–H groups in total. The summed E-state index contributed by atoms with van der Waals surface area (Å²) < 4.78 is 38.2. The van der Waals surface area contributed by atoms with Crippen molar-refractivity contribution in [2.24, 2.45) is 0 Å². The second-order valence-electron chi connectivity index (χ2n) is 5.99. The minimum atomic E-state index is -4.43. The van der Waals surface area contributed by atoms with Crippen LogP contribution in [0.15, 0.2) is 79.0 Å². The lowest BCUT2D eigenvalue weighted by molar-refractivity contribution is -0.137. The first-order chi connectivity index (χ1) is 13.9. The van der Waals surface area contributed by atoms with Gasteiger partial charge in [-0.3, -0.25) is 4.79 Å². The van der Waals surface area contributed by atoms with Crippen molar-refractivity contribution in [3.8, 4) is 11.8 Å². The van der Waals surface area contributed by atoms with Crippen LogP contribution in [0.1, 0.15) is 22.4 Å². The van der Waals surface area contributed by atoms with Crippen LogP contribution < -0.4 is 5.32 Å². The van der Waals surface area contributed by atoms with Crippen molar-refractivity contribution in [1.82, 2.24) is 4.98 Å². The zero-order valence-electron chi connectivity index (χ0n) is 15.1. The Morgan fingerprint density at radius 2 is 1.79 bits per heavy atom. The Hall–Kier alpha value is -3.85. The maximum Gasteiger partial charge on any atom is 0.416 e. The van der Waals surface area contributed by atoms with E-state index in [0.29, 0.717) is 16.9 Å². The van der Waals surface area contributed by atoms with Crippen LogP contribution in [0, 0.1) is 11.8 Å². The average molecular weight is 392 g/mol. The van der Waals surface area contributed by atoms with E-state index in [1.165, 1.54) is 24.3 Å². The number of anilines is 1. The van der Waals surface area contributed by atoms with Gasteiger partial charge in [0.15, 0.2) is 0 Å². The first-order valence-corrected chi connectivity index (χ1v) is 8.59. The molecule has 0 bridgehead atoms. The van der Waals surface area contributed by atoms with Gasteiger partial charge in [0.2, 0.25) is 5.91 Å². The van der Waals surface area contributed by atoms with Gasteiger partial charge in [0.05, 0.1) is 5.56 Å². The normalized spacial score (nSPS) is 11.0. The third-order valence-corrected chi connectivity index (χ3v) is 3.77. The van der Waals surface area contributed by atoms with Gasteiger partial charge in [-0.1, -0.05) is 30.2 Å². The van der Waals surface area contributed by atoms with E-state index >= 15 is 0 Å². The lowest BCUT2D eigenvalue weighted by Gasteiger charge is -2.06. The molecule has 3 aromatic rings. The molecule has 0 aliphatic heterocycles. The maximum absolute atomic E-state index is 12.7. The molecule has 1 amide bonds. The summed E-state index contributed by atoms with van der Waals surface area (Å²) in [4.78, 5) is 16.2. The van der Waals surface area contributed by atoms with Gasteiger partial charge in [-0.15, -0.1) is 0 Å². The Morgan fingerprint density at radius 1 is 0.966 bits per heavy atom. The van der Waals surface area contributed by atoms with Crippen molar-refractivity contribution in [2.45, 2.75) is 6.18 Å². The molecule has 0 atom stereocenters. The molecule has 144 valence electrons. The molecule has 1 heterocycles. The summed E-state index contributed by atoms with van der Waals surface area (Å²) in [5.74, 6) is 5.43. The van der Waals surface area contributed by atoms with E-state index in [1.807, 2.05) is 6.07 Å². The molecule has 29 heavy (non-hydrogen) atoms. The van der Waals surface area contributed by atoms with E-state index in [-0.39, 0.29) is 5.56 Å². The topological polar surface area (TPSA) is 42.0 Å². The number of rotatable bonds is 3. The van der Waals surface area contributed by atoms with Crippen molar-refractivity contribution in [2.75, 3.05) is 5.32 Å². The number of hydrogen-bond donors (Lipinski definition) is 1. The molecule has 0 aliphatic rings. The van der Waals surface area contributed by atoms with E-state index in [9.17, 15) is 18.0 Å². The first kappa shape index (κ1) is 19.9. The summed E-state index contributed by atoms with van der Waals surface area (Å²) in [6, 6.07) is 17.1. The monoisotopic (exact) mass is 392 g/mol. The number of aromatic nitrogens is 1. The molecule has 2 aromatic carbocycles.